The van der Waals surface area contributed by atoms with Crippen LogP contribution in [0.15, 0.2) is 0 Å². The Kier molecular flexibility index (Phi) is 18.1. The molecule has 0 amide bonds. The summed E-state index contributed by atoms with van der Waals surface area (Å²) < 4.78 is 5.11. The molecular weight excluding hydrogens is 292 g/mol. The third kappa shape index (κ3) is 16.5. The normalized spacial score (nSPS) is 12.9. The first-order valence-corrected chi connectivity index (χ1v) is 9.79. The van der Waals surface area contributed by atoms with E-state index in [0.717, 1.165) is 12.8 Å². The summed E-state index contributed by atoms with van der Waals surface area (Å²) in [5.41, 5.74) is 0. The molecule has 0 aromatic heterocycles. The summed E-state index contributed by atoms with van der Waals surface area (Å²) in [5, 5.41) is 27.3. The largest absolute Gasteiger partial charge is 0.394 e. The van der Waals surface area contributed by atoms with Crippen LogP contribution in [0.4, 0.5) is 0 Å². The lowest BCUT2D eigenvalue weighted by atomic mass is 10.0. The smallest absolute Gasteiger partial charge is 0.155 e. The molecule has 0 fully saturated rings. The van der Waals surface area contributed by atoms with E-state index in [1.54, 1.807) is 0 Å². The highest BCUT2D eigenvalue weighted by molar-refractivity contribution is 4.55. The van der Waals surface area contributed by atoms with Crippen LogP contribution in [0.2, 0.25) is 0 Å². The van der Waals surface area contributed by atoms with Crippen molar-refractivity contribution >= 4 is 0 Å². The average Bonchev–Trinajstić information content (AvgIpc) is 2.56. The molecule has 0 aliphatic heterocycles. The molecule has 3 N–H and O–H groups in total. The molecule has 0 aliphatic carbocycles. The van der Waals surface area contributed by atoms with Crippen molar-refractivity contribution in [3.05, 3.63) is 0 Å². The van der Waals surface area contributed by atoms with Gasteiger partial charge in [0.25, 0.3) is 0 Å². The number of aliphatic hydroxyl groups is 3. The van der Waals surface area contributed by atoms with Crippen molar-refractivity contribution in [2.45, 2.75) is 109 Å². The van der Waals surface area contributed by atoms with Crippen molar-refractivity contribution < 1.29 is 20.1 Å². The minimum absolute atomic E-state index is 0.258. The van der Waals surface area contributed by atoms with E-state index < -0.39 is 12.4 Å². The molecule has 0 aliphatic rings. The molecule has 23 heavy (non-hydrogen) atoms. The minimum atomic E-state index is -0.869. The van der Waals surface area contributed by atoms with Gasteiger partial charge in [0.2, 0.25) is 0 Å². The van der Waals surface area contributed by atoms with Crippen molar-refractivity contribution in [2.75, 3.05) is 13.2 Å². The topological polar surface area (TPSA) is 69.9 Å². The minimum Gasteiger partial charge on any atom is -0.394 e. The Morgan fingerprint density at radius 1 is 0.652 bits per heavy atom. The summed E-state index contributed by atoms with van der Waals surface area (Å²) in [4.78, 5) is 0. The number of aliphatic hydroxyl groups excluding tert-OH is 3. The Morgan fingerprint density at radius 2 is 1.04 bits per heavy atom. The molecule has 0 saturated heterocycles. The van der Waals surface area contributed by atoms with Gasteiger partial charge in [-0.15, -0.1) is 0 Å². The molecule has 0 bridgehead atoms. The molecule has 0 rings (SSSR count). The van der Waals surface area contributed by atoms with Gasteiger partial charge in [0.15, 0.2) is 6.29 Å². The maximum absolute atomic E-state index is 9.61. The Balaban J connectivity index is 3.18. The summed E-state index contributed by atoms with van der Waals surface area (Å²) >= 11 is 0. The number of ether oxygens (including phenoxy) is 1. The van der Waals surface area contributed by atoms with E-state index in [1.165, 1.54) is 70.6 Å². The first kappa shape index (κ1) is 22.8. The van der Waals surface area contributed by atoms with Gasteiger partial charge >= 0.3 is 0 Å². The maximum Gasteiger partial charge on any atom is 0.155 e. The van der Waals surface area contributed by atoms with Gasteiger partial charge in [0, 0.05) is 0 Å². The number of hydrogen-bond acceptors (Lipinski definition) is 4. The Morgan fingerprint density at radius 3 is 1.43 bits per heavy atom. The molecule has 1 atom stereocenters. The number of hydrogen-bond donors (Lipinski definition) is 3. The predicted octanol–water partition coefficient (Wildman–Crippen LogP) is 4.16. The fraction of sp³-hybridized carbons (Fsp3) is 1.00. The first-order valence-electron chi connectivity index (χ1n) is 9.79. The monoisotopic (exact) mass is 332 g/mol. The van der Waals surface area contributed by atoms with Crippen LogP contribution in [-0.4, -0.2) is 40.9 Å². The quantitative estimate of drug-likeness (QED) is 0.260. The number of rotatable bonds is 18. The third-order valence-corrected chi connectivity index (χ3v) is 4.31. The van der Waals surface area contributed by atoms with Crippen LogP contribution >= 0.6 is 0 Å². The predicted molar refractivity (Wildman–Crippen MR) is 95.4 cm³/mol. The standard InChI is InChI=1S/C19H40O4/c1-2-3-4-5-6-7-8-9-10-11-12-13-14-15-19(22)23-18(16-20)17-21/h18-22H,2-17H2,1H3. The summed E-state index contributed by atoms with van der Waals surface area (Å²) in [6.07, 6.45) is 16.0. The summed E-state index contributed by atoms with van der Waals surface area (Å²) in [7, 11) is 0. The van der Waals surface area contributed by atoms with Crippen molar-refractivity contribution in [3.8, 4) is 0 Å². The molecule has 0 saturated carbocycles. The average molecular weight is 333 g/mol. The van der Waals surface area contributed by atoms with Crippen LogP contribution < -0.4 is 0 Å². The zero-order chi connectivity index (χ0) is 17.2. The second kappa shape index (κ2) is 18.2. The summed E-state index contributed by atoms with van der Waals surface area (Å²) in [5.74, 6) is 0. The van der Waals surface area contributed by atoms with Gasteiger partial charge in [-0.3, -0.25) is 0 Å². The van der Waals surface area contributed by atoms with Crippen molar-refractivity contribution in [1.82, 2.24) is 0 Å². The van der Waals surface area contributed by atoms with E-state index in [1.807, 2.05) is 0 Å². The highest BCUT2D eigenvalue weighted by Gasteiger charge is 2.12. The Labute approximate surface area is 143 Å². The number of unbranched alkanes of at least 4 members (excludes halogenated alkanes) is 12. The van der Waals surface area contributed by atoms with Crippen LogP contribution in [0.1, 0.15) is 96.8 Å². The van der Waals surface area contributed by atoms with Crippen LogP contribution in [0.3, 0.4) is 0 Å². The second-order valence-corrected chi connectivity index (χ2v) is 6.61. The van der Waals surface area contributed by atoms with E-state index in [0.29, 0.717) is 6.42 Å². The van der Waals surface area contributed by atoms with E-state index in [9.17, 15) is 5.11 Å². The summed E-state index contributed by atoms with van der Waals surface area (Å²) in [6, 6.07) is 0. The third-order valence-electron chi connectivity index (χ3n) is 4.31. The first-order chi connectivity index (χ1) is 11.2. The van der Waals surface area contributed by atoms with Gasteiger partial charge in [0.1, 0.15) is 6.10 Å². The molecule has 0 heterocycles. The van der Waals surface area contributed by atoms with Crippen LogP contribution in [-0.2, 0) is 4.74 Å². The van der Waals surface area contributed by atoms with Crippen molar-refractivity contribution in [1.29, 1.82) is 0 Å². The van der Waals surface area contributed by atoms with Crippen LogP contribution in [0.25, 0.3) is 0 Å². The van der Waals surface area contributed by atoms with Gasteiger partial charge in [0.05, 0.1) is 13.2 Å². The highest BCUT2D eigenvalue weighted by atomic mass is 16.6. The zero-order valence-corrected chi connectivity index (χ0v) is 15.2. The second-order valence-electron chi connectivity index (χ2n) is 6.61. The maximum atomic E-state index is 9.61. The van der Waals surface area contributed by atoms with Gasteiger partial charge in [-0.25, -0.2) is 0 Å². The van der Waals surface area contributed by atoms with E-state index >= 15 is 0 Å². The lowest BCUT2D eigenvalue weighted by Gasteiger charge is -2.17. The Bertz CT molecular complexity index is 219. The van der Waals surface area contributed by atoms with Crippen molar-refractivity contribution in [3.63, 3.8) is 0 Å². The molecular formula is C19H40O4. The van der Waals surface area contributed by atoms with Crippen LogP contribution in [0.5, 0.6) is 0 Å². The van der Waals surface area contributed by atoms with E-state index in [2.05, 4.69) is 6.92 Å². The molecule has 1 unspecified atom stereocenters. The zero-order valence-electron chi connectivity index (χ0n) is 15.2. The Hall–Kier alpha value is -0.160. The van der Waals surface area contributed by atoms with E-state index in [4.69, 9.17) is 14.9 Å². The molecule has 0 aromatic carbocycles. The molecule has 0 spiro atoms. The van der Waals surface area contributed by atoms with Gasteiger partial charge < -0.3 is 20.1 Å². The lowest BCUT2D eigenvalue weighted by molar-refractivity contribution is -0.160. The fourth-order valence-corrected chi connectivity index (χ4v) is 2.77. The van der Waals surface area contributed by atoms with Gasteiger partial charge in [-0.05, 0) is 12.8 Å². The van der Waals surface area contributed by atoms with E-state index in [-0.39, 0.29) is 13.2 Å². The molecule has 4 heteroatoms. The fourth-order valence-electron chi connectivity index (χ4n) is 2.77. The van der Waals surface area contributed by atoms with Crippen molar-refractivity contribution in [2.24, 2.45) is 0 Å². The summed E-state index contributed by atoms with van der Waals surface area (Å²) in [6.45, 7) is 1.74. The van der Waals surface area contributed by atoms with Crippen LogP contribution in [0, 0.1) is 0 Å². The molecule has 0 aromatic rings. The molecule has 140 valence electrons. The molecule has 4 nitrogen and oxygen atoms in total. The van der Waals surface area contributed by atoms with Gasteiger partial charge in [-0.2, -0.15) is 0 Å². The highest BCUT2D eigenvalue weighted by Crippen LogP contribution is 2.13. The molecule has 0 radical (unpaired) electrons. The SMILES string of the molecule is CCCCCCCCCCCCCCCC(O)OC(CO)CO. The lowest BCUT2D eigenvalue weighted by Crippen LogP contribution is -2.28. The van der Waals surface area contributed by atoms with Gasteiger partial charge in [-0.1, -0.05) is 84.0 Å².